The lowest BCUT2D eigenvalue weighted by molar-refractivity contribution is -0.138. The van der Waals surface area contributed by atoms with E-state index < -0.39 is 29.7 Å². The summed E-state index contributed by atoms with van der Waals surface area (Å²) in [7, 11) is 1.50. The molecule has 60 heavy (non-hydrogen) atoms. The number of benzene rings is 3. The Kier molecular flexibility index (Phi) is 11.8. The van der Waals surface area contributed by atoms with Gasteiger partial charge < -0.3 is 35.6 Å². The average molecular weight is 831 g/mol. The van der Waals surface area contributed by atoms with E-state index in [9.17, 15) is 37.1 Å². The summed E-state index contributed by atoms with van der Waals surface area (Å²) in [5.74, 6) is 0.107. The van der Waals surface area contributed by atoms with Gasteiger partial charge in [-0.3, -0.25) is 29.3 Å². The smallest absolute Gasteiger partial charge is 0.416 e. The fraction of sp³-hybridized carbons (Fsp3) is 0.405. The molecule has 0 aliphatic carbocycles. The number of imide groups is 1. The number of aromatic nitrogens is 2. The molecular formula is C42H45F3N8O7. The molecule has 3 aromatic carbocycles. The molecule has 0 bridgehead atoms. The number of halogens is 3. The van der Waals surface area contributed by atoms with Gasteiger partial charge in [0.2, 0.25) is 23.6 Å². The largest absolute Gasteiger partial charge is 0.493 e. The normalized spacial score (nSPS) is 18.3. The number of nitrogens with zero attached hydrogens (tertiary/aromatic N) is 4. The molecule has 1 unspecified atom stereocenters. The zero-order valence-electron chi connectivity index (χ0n) is 33.3. The van der Waals surface area contributed by atoms with E-state index in [1.807, 2.05) is 0 Å². The fourth-order valence-corrected chi connectivity index (χ4v) is 7.80. The molecular weight excluding hydrogens is 786 g/mol. The number of carbonyl (C=O) groups excluding carboxylic acids is 5. The molecule has 3 atom stereocenters. The second kappa shape index (κ2) is 17.0. The quantitative estimate of drug-likeness (QED) is 0.0737. The first-order valence-corrected chi connectivity index (χ1v) is 19.7. The molecule has 15 nitrogen and oxygen atoms in total. The molecule has 1 aromatic heterocycles. The Balaban J connectivity index is 0.906. The molecule has 2 fully saturated rings. The van der Waals surface area contributed by atoms with Crippen molar-refractivity contribution in [1.82, 2.24) is 25.1 Å². The maximum absolute atomic E-state index is 13.5. The predicted octanol–water partition coefficient (Wildman–Crippen LogP) is 5.66. The standard InChI is InChI=1S/C42H45F3N8O7/c1-22(25-14-26(42(43,44)45)16-27(46)15-25)47-39-31-18-35(34(59-3)19-32(31)48-23(2)49-39)60-29-12-13-52(21-29)38(56)7-5-4-6-36(54)50-28-9-8-24-20-53(41(58)30(24)17-28)33-10-11-37(55)51-40(33)57/h8-9,14-19,22,29,33H,4-7,10-13,20-21,46H2,1-3H3,(H,50,54)(H,47,48,49)(H,51,55,57)/t22-,29+,33?/m1/s1. The van der Waals surface area contributed by atoms with Crippen LogP contribution in [0.3, 0.4) is 0 Å². The van der Waals surface area contributed by atoms with Crippen molar-refractivity contribution < 1.29 is 46.6 Å². The number of hydrogen-bond donors (Lipinski definition) is 4. The van der Waals surface area contributed by atoms with E-state index in [1.165, 1.54) is 18.1 Å². The van der Waals surface area contributed by atoms with Crippen LogP contribution in [0.1, 0.15) is 90.8 Å². The van der Waals surface area contributed by atoms with Crippen LogP contribution in [0.25, 0.3) is 10.9 Å². The molecule has 2 saturated heterocycles. The summed E-state index contributed by atoms with van der Waals surface area (Å²) in [5.41, 5.74) is 7.39. The molecule has 0 spiro atoms. The van der Waals surface area contributed by atoms with Crippen molar-refractivity contribution in [1.29, 1.82) is 0 Å². The number of nitrogens with one attached hydrogen (secondary N) is 3. The average Bonchev–Trinajstić information content (AvgIpc) is 3.79. The van der Waals surface area contributed by atoms with E-state index in [2.05, 4.69) is 25.9 Å². The highest BCUT2D eigenvalue weighted by molar-refractivity contribution is 6.06. The van der Waals surface area contributed by atoms with Gasteiger partial charge in [-0.25, -0.2) is 9.97 Å². The van der Waals surface area contributed by atoms with Crippen LogP contribution in [0.15, 0.2) is 48.5 Å². The number of methoxy groups -OCH3 is 1. The number of nitrogen functional groups attached to an aromatic ring is 1. The summed E-state index contributed by atoms with van der Waals surface area (Å²) in [5, 5.41) is 8.87. The van der Waals surface area contributed by atoms with Gasteiger partial charge in [-0.2, -0.15) is 13.2 Å². The van der Waals surface area contributed by atoms with Gasteiger partial charge >= 0.3 is 6.18 Å². The minimum absolute atomic E-state index is 0.0131. The van der Waals surface area contributed by atoms with Crippen LogP contribution in [0, 0.1) is 6.92 Å². The maximum Gasteiger partial charge on any atom is 0.416 e. The summed E-state index contributed by atoms with van der Waals surface area (Å²) in [4.78, 5) is 75.2. The van der Waals surface area contributed by atoms with Crippen LogP contribution in [0.2, 0.25) is 0 Å². The lowest BCUT2D eigenvalue weighted by Crippen LogP contribution is -2.52. The van der Waals surface area contributed by atoms with Crippen molar-refractivity contribution in [2.45, 2.75) is 89.7 Å². The first kappa shape index (κ1) is 41.7. The van der Waals surface area contributed by atoms with E-state index in [1.54, 1.807) is 49.1 Å². The van der Waals surface area contributed by atoms with Gasteiger partial charge in [0.25, 0.3) is 5.91 Å². The first-order chi connectivity index (χ1) is 28.6. The lowest BCUT2D eigenvalue weighted by Gasteiger charge is -2.29. The van der Waals surface area contributed by atoms with Crippen LogP contribution in [-0.2, 0) is 31.9 Å². The van der Waals surface area contributed by atoms with Crippen molar-refractivity contribution in [2.24, 2.45) is 0 Å². The van der Waals surface area contributed by atoms with E-state index >= 15 is 0 Å². The number of anilines is 3. The molecule has 7 rings (SSSR count). The Morgan fingerprint density at radius 2 is 1.80 bits per heavy atom. The number of nitrogens with two attached hydrogens (primary N) is 1. The monoisotopic (exact) mass is 830 g/mol. The summed E-state index contributed by atoms with van der Waals surface area (Å²) in [6.45, 7) is 4.46. The van der Waals surface area contributed by atoms with E-state index in [0.29, 0.717) is 83.2 Å². The molecule has 4 aromatic rings. The predicted molar refractivity (Wildman–Crippen MR) is 214 cm³/mol. The summed E-state index contributed by atoms with van der Waals surface area (Å²) < 4.78 is 52.6. The van der Waals surface area contributed by atoms with Crippen LogP contribution in [-0.4, -0.2) is 81.6 Å². The molecule has 5 N–H and O–H groups in total. The highest BCUT2D eigenvalue weighted by atomic mass is 19.4. The third kappa shape index (κ3) is 9.21. The molecule has 0 radical (unpaired) electrons. The molecule has 4 heterocycles. The van der Waals surface area contributed by atoms with Crippen LogP contribution in [0.5, 0.6) is 11.5 Å². The molecule has 0 saturated carbocycles. The molecule has 3 aliphatic rings. The van der Waals surface area contributed by atoms with Gasteiger partial charge in [-0.1, -0.05) is 6.07 Å². The van der Waals surface area contributed by atoms with Gasteiger partial charge in [0, 0.05) is 67.2 Å². The van der Waals surface area contributed by atoms with Gasteiger partial charge in [0.05, 0.1) is 30.8 Å². The lowest BCUT2D eigenvalue weighted by atomic mass is 10.0. The SMILES string of the molecule is COc1cc2nc(C)nc(N[C@H](C)c3cc(N)cc(C(F)(F)F)c3)c2cc1O[C@H]1CCN(C(=O)CCCCC(=O)Nc2ccc3c(c2)C(=O)N(C2CCC(=O)NC2=O)C3)C1. The van der Waals surface area contributed by atoms with Crippen molar-refractivity contribution >= 4 is 57.6 Å². The molecule has 18 heteroatoms. The Labute approximate surface area is 343 Å². The molecule has 316 valence electrons. The maximum atomic E-state index is 13.5. The Hall–Kier alpha value is -6.46. The Bertz CT molecular complexity index is 2370. The van der Waals surface area contributed by atoms with Gasteiger partial charge in [-0.05, 0) is 80.6 Å². The Morgan fingerprint density at radius 3 is 2.55 bits per heavy atom. The van der Waals surface area contributed by atoms with Crippen LogP contribution in [0.4, 0.5) is 30.4 Å². The number of hydrogen-bond acceptors (Lipinski definition) is 11. The van der Waals surface area contributed by atoms with Gasteiger partial charge in [-0.15, -0.1) is 0 Å². The number of ether oxygens (including phenoxy) is 2. The van der Waals surface area contributed by atoms with Crippen molar-refractivity contribution in [3.63, 3.8) is 0 Å². The van der Waals surface area contributed by atoms with E-state index in [4.69, 9.17) is 15.2 Å². The van der Waals surface area contributed by atoms with Crippen molar-refractivity contribution in [3.8, 4) is 11.5 Å². The fourth-order valence-electron chi connectivity index (χ4n) is 7.80. The number of amides is 5. The summed E-state index contributed by atoms with van der Waals surface area (Å²) >= 11 is 0. The van der Waals surface area contributed by atoms with Crippen molar-refractivity contribution in [3.05, 3.63) is 76.6 Å². The van der Waals surface area contributed by atoms with Crippen LogP contribution >= 0.6 is 0 Å². The van der Waals surface area contributed by atoms with Gasteiger partial charge in [0.15, 0.2) is 11.5 Å². The molecule has 3 aliphatic heterocycles. The number of rotatable bonds is 13. The number of likely N-dealkylation sites (tertiary alicyclic amines) is 1. The Morgan fingerprint density at radius 1 is 1.02 bits per heavy atom. The third-order valence-corrected chi connectivity index (χ3v) is 10.9. The van der Waals surface area contributed by atoms with E-state index in [-0.39, 0.29) is 67.6 Å². The highest BCUT2D eigenvalue weighted by Gasteiger charge is 2.39. The minimum Gasteiger partial charge on any atom is -0.493 e. The number of fused-ring (bicyclic) bond motifs is 2. The van der Waals surface area contributed by atoms with Crippen LogP contribution < -0.4 is 31.2 Å². The second-order valence-corrected chi connectivity index (χ2v) is 15.3. The number of alkyl halides is 3. The molecule has 5 amide bonds. The first-order valence-electron chi connectivity index (χ1n) is 19.7. The topological polar surface area (TPSA) is 198 Å². The second-order valence-electron chi connectivity index (χ2n) is 15.3. The van der Waals surface area contributed by atoms with Gasteiger partial charge in [0.1, 0.15) is 23.8 Å². The summed E-state index contributed by atoms with van der Waals surface area (Å²) in [6, 6.07) is 10.5. The number of piperidine rings is 1. The number of aryl methyl sites for hydroxylation is 1. The minimum atomic E-state index is -4.56. The highest BCUT2D eigenvalue weighted by Crippen LogP contribution is 2.38. The number of unbranched alkanes of at least 4 members (excludes halogenated alkanes) is 1. The number of carbonyl (C=O) groups is 5. The zero-order valence-corrected chi connectivity index (χ0v) is 33.3. The van der Waals surface area contributed by atoms with E-state index in [0.717, 1.165) is 17.7 Å². The van der Waals surface area contributed by atoms with Crippen molar-refractivity contribution in [2.75, 3.05) is 36.6 Å². The zero-order chi connectivity index (χ0) is 42.9. The third-order valence-electron chi connectivity index (χ3n) is 10.9. The summed E-state index contributed by atoms with van der Waals surface area (Å²) in [6.07, 6.45) is -2.57.